The lowest BCUT2D eigenvalue weighted by Crippen LogP contribution is -2.33. The number of rotatable bonds is 3. The van der Waals surface area contributed by atoms with E-state index in [-0.39, 0.29) is 11.7 Å². The lowest BCUT2D eigenvalue weighted by atomic mass is 10.1. The molecule has 2 heterocycles. The Morgan fingerprint density at radius 2 is 2.10 bits per heavy atom. The highest BCUT2D eigenvalue weighted by molar-refractivity contribution is 5.92. The number of anilines is 2. The number of aryl methyl sites for hydroxylation is 2. The summed E-state index contributed by atoms with van der Waals surface area (Å²) in [5.74, 6) is 5.82. The zero-order valence-corrected chi connectivity index (χ0v) is 16.6. The summed E-state index contributed by atoms with van der Waals surface area (Å²) < 4.78 is 16.3. The summed E-state index contributed by atoms with van der Waals surface area (Å²) in [5.41, 5.74) is 8.48. The first-order chi connectivity index (χ1) is 14.4. The molecular formula is C21H21FN6O2. The molecule has 0 bridgehead atoms. The van der Waals surface area contributed by atoms with Crippen molar-refractivity contribution in [3.63, 3.8) is 0 Å². The van der Waals surface area contributed by atoms with E-state index in [1.165, 1.54) is 18.5 Å². The molecule has 30 heavy (non-hydrogen) atoms. The Kier molecular flexibility index (Phi) is 5.01. The fourth-order valence-corrected chi connectivity index (χ4v) is 3.18. The molecule has 0 aliphatic heterocycles. The number of benzene rings is 1. The van der Waals surface area contributed by atoms with E-state index in [1.807, 2.05) is 17.7 Å². The van der Waals surface area contributed by atoms with Crippen LogP contribution in [0.3, 0.4) is 0 Å². The van der Waals surface area contributed by atoms with Crippen LogP contribution in [0.1, 0.15) is 36.5 Å². The van der Waals surface area contributed by atoms with E-state index >= 15 is 0 Å². The number of hydrogen-bond acceptors (Lipinski definition) is 5. The summed E-state index contributed by atoms with van der Waals surface area (Å²) >= 11 is 0. The molecule has 1 fully saturated rings. The van der Waals surface area contributed by atoms with Crippen LogP contribution in [-0.4, -0.2) is 36.9 Å². The van der Waals surface area contributed by atoms with Crippen molar-refractivity contribution in [2.45, 2.75) is 39.3 Å². The number of nitrogens with one attached hydrogen (secondary N) is 1. The van der Waals surface area contributed by atoms with Crippen molar-refractivity contribution >= 4 is 28.6 Å². The summed E-state index contributed by atoms with van der Waals surface area (Å²) in [4.78, 5) is 20.4. The fraction of sp³-hybridized carbons (Fsp3) is 0.286. The number of nitrogens with two attached hydrogens (primary N) is 1. The Labute approximate surface area is 172 Å². The average molecular weight is 408 g/mol. The van der Waals surface area contributed by atoms with Crippen molar-refractivity contribution in [2.24, 2.45) is 0 Å². The van der Waals surface area contributed by atoms with E-state index in [0.29, 0.717) is 45.1 Å². The molecule has 0 saturated heterocycles. The molecule has 1 saturated carbocycles. The van der Waals surface area contributed by atoms with Crippen molar-refractivity contribution in [1.29, 1.82) is 0 Å². The highest BCUT2D eigenvalue weighted by atomic mass is 19.1. The summed E-state index contributed by atoms with van der Waals surface area (Å²) in [7, 11) is 0. The molecule has 154 valence electrons. The summed E-state index contributed by atoms with van der Waals surface area (Å²) in [6.07, 6.45) is 4.72. The molecule has 8 nitrogen and oxygen atoms in total. The molecule has 4 rings (SSSR count). The van der Waals surface area contributed by atoms with Gasteiger partial charge in [0.1, 0.15) is 23.6 Å². The Hall–Kier alpha value is -3.64. The quantitative estimate of drug-likeness (QED) is 0.350. The average Bonchev–Trinajstić information content (AvgIpc) is 3.50. The Morgan fingerprint density at radius 1 is 1.37 bits per heavy atom. The third kappa shape index (κ3) is 3.65. The van der Waals surface area contributed by atoms with Crippen LogP contribution in [0.2, 0.25) is 0 Å². The van der Waals surface area contributed by atoms with Gasteiger partial charge in [-0.3, -0.25) is 5.21 Å². The van der Waals surface area contributed by atoms with E-state index in [1.54, 1.807) is 6.92 Å². The molecule has 0 radical (unpaired) electrons. The van der Waals surface area contributed by atoms with Gasteiger partial charge < -0.3 is 15.6 Å². The molecule has 0 spiro atoms. The first-order valence-corrected chi connectivity index (χ1v) is 9.59. The number of amides is 2. The maximum Gasteiger partial charge on any atom is 0.345 e. The van der Waals surface area contributed by atoms with Crippen LogP contribution in [0.15, 0.2) is 24.7 Å². The van der Waals surface area contributed by atoms with E-state index in [4.69, 9.17) is 5.73 Å². The minimum absolute atomic E-state index is 0.0477. The molecule has 4 N–H and O–H groups in total. The predicted octanol–water partition coefficient (Wildman–Crippen LogP) is 3.27. The Balaban J connectivity index is 1.69. The molecule has 2 amide bonds. The van der Waals surface area contributed by atoms with Gasteiger partial charge in [0, 0.05) is 18.3 Å². The normalized spacial score (nSPS) is 13.1. The molecule has 2 aromatic heterocycles. The van der Waals surface area contributed by atoms with Gasteiger partial charge in [-0.05, 0) is 44.4 Å². The predicted molar refractivity (Wildman–Crippen MR) is 110 cm³/mol. The van der Waals surface area contributed by atoms with Gasteiger partial charge in [0.15, 0.2) is 0 Å². The van der Waals surface area contributed by atoms with Crippen LogP contribution in [0.4, 0.5) is 20.7 Å². The van der Waals surface area contributed by atoms with Crippen LogP contribution < -0.4 is 11.1 Å². The van der Waals surface area contributed by atoms with Crippen LogP contribution in [0.5, 0.6) is 0 Å². The monoisotopic (exact) mass is 408 g/mol. The van der Waals surface area contributed by atoms with E-state index < -0.39 is 11.8 Å². The van der Waals surface area contributed by atoms with Crippen LogP contribution in [0, 0.1) is 24.6 Å². The van der Waals surface area contributed by atoms with Crippen molar-refractivity contribution in [1.82, 2.24) is 19.6 Å². The van der Waals surface area contributed by atoms with Gasteiger partial charge in [-0.1, -0.05) is 11.8 Å². The van der Waals surface area contributed by atoms with Gasteiger partial charge in [0.25, 0.3) is 0 Å². The number of carbonyl (C=O) groups is 1. The highest BCUT2D eigenvalue weighted by Crippen LogP contribution is 2.27. The van der Waals surface area contributed by atoms with E-state index in [0.717, 1.165) is 12.8 Å². The van der Waals surface area contributed by atoms with Crippen molar-refractivity contribution in [3.05, 3.63) is 47.2 Å². The SMILES string of the molecule is CCn1cc(C#Cc2cc(NC(=O)N(O)C3CC3)c(F)cc2C)c2c(N)ncnc21. The zero-order valence-electron chi connectivity index (χ0n) is 16.6. The number of nitrogen functional groups attached to an aromatic ring is 1. The first-order valence-electron chi connectivity index (χ1n) is 9.59. The van der Waals surface area contributed by atoms with Gasteiger partial charge >= 0.3 is 6.03 Å². The molecule has 0 unspecified atom stereocenters. The second kappa shape index (κ2) is 7.65. The third-order valence-electron chi connectivity index (χ3n) is 5.01. The molecular weight excluding hydrogens is 387 g/mol. The van der Waals surface area contributed by atoms with Gasteiger partial charge in [0.05, 0.1) is 22.7 Å². The standard InChI is InChI=1S/C21H21FN6O2/c1-3-27-10-14(18-19(23)24-11-25-20(18)27)5-4-13-9-17(16(22)8-12(13)2)26-21(29)28(30)15-6-7-15/h8-11,15,30H,3,6-7H2,1-2H3,(H,26,29)(H2,23,24,25). The van der Waals surface area contributed by atoms with Gasteiger partial charge in [0.2, 0.25) is 0 Å². The number of urea groups is 1. The Bertz CT molecular complexity index is 1210. The van der Waals surface area contributed by atoms with Crippen LogP contribution in [-0.2, 0) is 6.54 Å². The zero-order chi connectivity index (χ0) is 21.4. The molecule has 9 heteroatoms. The second-order valence-electron chi connectivity index (χ2n) is 7.19. The smallest absolute Gasteiger partial charge is 0.345 e. The van der Waals surface area contributed by atoms with Gasteiger partial charge in [-0.25, -0.2) is 24.2 Å². The Morgan fingerprint density at radius 3 is 2.80 bits per heavy atom. The maximum absolute atomic E-state index is 14.3. The van der Waals surface area contributed by atoms with Crippen molar-refractivity contribution in [3.8, 4) is 11.8 Å². The molecule has 0 atom stereocenters. The number of nitrogens with zero attached hydrogens (tertiary/aromatic N) is 4. The van der Waals surface area contributed by atoms with Gasteiger partial charge in [-0.15, -0.1) is 0 Å². The van der Waals surface area contributed by atoms with E-state index in [2.05, 4.69) is 27.1 Å². The summed E-state index contributed by atoms with van der Waals surface area (Å²) in [5, 5.41) is 13.5. The fourth-order valence-electron chi connectivity index (χ4n) is 3.18. The number of hydrogen-bond donors (Lipinski definition) is 3. The second-order valence-corrected chi connectivity index (χ2v) is 7.19. The maximum atomic E-state index is 14.3. The molecule has 3 aromatic rings. The molecule has 1 aliphatic carbocycles. The van der Waals surface area contributed by atoms with E-state index in [9.17, 15) is 14.4 Å². The van der Waals surface area contributed by atoms with Crippen LogP contribution in [0.25, 0.3) is 11.0 Å². The van der Waals surface area contributed by atoms with Crippen molar-refractivity contribution in [2.75, 3.05) is 11.1 Å². The molecule has 1 aromatic carbocycles. The topological polar surface area (TPSA) is 109 Å². The summed E-state index contributed by atoms with van der Waals surface area (Å²) in [6.45, 7) is 4.41. The number of hydroxylamine groups is 2. The lowest BCUT2D eigenvalue weighted by Gasteiger charge is -2.15. The summed E-state index contributed by atoms with van der Waals surface area (Å²) in [6, 6.07) is 1.77. The molecule has 1 aliphatic rings. The highest BCUT2D eigenvalue weighted by Gasteiger charge is 2.32. The van der Waals surface area contributed by atoms with Gasteiger partial charge in [-0.2, -0.15) is 0 Å². The first kappa shape index (κ1) is 19.7. The number of aromatic nitrogens is 3. The van der Waals surface area contributed by atoms with Crippen molar-refractivity contribution < 1.29 is 14.4 Å². The minimum Gasteiger partial charge on any atom is -0.383 e. The largest absolute Gasteiger partial charge is 0.383 e. The lowest BCUT2D eigenvalue weighted by molar-refractivity contribution is -0.0451. The number of fused-ring (bicyclic) bond motifs is 1. The minimum atomic E-state index is -0.768. The third-order valence-corrected chi connectivity index (χ3v) is 5.01. The number of halogens is 1. The van der Waals surface area contributed by atoms with Crippen LogP contribution >= 0.6 is 0 Å². The number of carbonyl (C=O) groups excluding carboxylic acids is 1.